The van der Waals surface area contributed by atoms with Crippen LogP contribution in [0.1, 0.15) is 33.1 Å². The van der Waals surface area contributed by atoms with Crippen LogP contribution in [0.3, 0.4) is 0 Å². The summed E-state index contributed by atoms with van der Waals surface area (Å²) in [6.07, 6.45) is -0.500. The normalized spacial score (nSPS) is 19.0. The third-order valence-electron chi connectivity index (χ3n) is 3.89. The third kappa shape index (κ3) is 2.67. The number of aliphatic hydroxyl groups is 1. The lowest BCUT2D eigenvalue weighted by Gasteiger charge is -2.18. The maximum Gasteiger partial charge on any atom is 0.257 e. The van der Waals surface area contributed by atoms with Crippen LogP contribution in [-0.4, -0.2) is 17.1 Å². The van der Waals surface area contributed by atoms with E-state index in [2.05, 4.69) is 5.32 Å². The van der Waals surface area contributed by atoms with Crippen molar-refractivity contribution < 1.29 is 18.7 Å². The lowest BCUT2D eigenvalue weighted by atomic mass is 10.1. The van der Waals surface area contributed by atoms with E-state index in [-0.39, 0.29) is 5.56 Å². The van der Waals surface area contributed by atoms with Crippen molar-refractivity contribution in [2.24, 2.45) is 0 Å². The van der Waals surface area contributed by atoms with Crippen LogP contribution in [0.25, 0.3) is 0 Å². The summed E-state index contributed by atoms with van der Waals surface area (Å²) in [7, 11) is 0. The number of carbonyl (C=O) groups is 1. The molecule has 0 saturated heterocycles. The second-order valence-corrected chi connectivity index (χ2v) is 5.35. The number of nitrogens with zero attached hydrogens (tertiary/aromatic N) is 1. The molecule has 0 bridgehead atoms. The number of amides is 1. The second-order valence-electron chi connectivity index (χ2n) is 5.35. The van der Waals surface area contributed by atoms with Gasteiger partial charge in [-0.1, -0.05) is 24.3 Å². The molecule has 3 rings (SSSR count). The Morgan fingerprint density at radius 1 is 1.26 bits per heavy atom. The fourth-order valence-corrected chi connectivity index (χ4v) is 2.82. The van der Waals surface area contributed by atoms with Gasteiger partial charge in [0.15, 0.2) is 0 Å². The first-order chi connectivity index (χ1) is 11.0. The minimum absolute atomic E-state index is 0.206. The van der Waals surface area contributed by atoms with Crippen LogP contribution in [0.2, 0.25) is 0 Å². The topological polar surface area (TPSA) is 73.1 Å². The van der Waals surface area contributed by atoms with Crippen LogP contribution in [-0.2, 0) is 6.42 Å². The predicted octanol–water partition coefficient (Wildman–Crippen LogP) is 2.22. The molecule has 1 aliphatic carbocycles. The van der Waals surface area contributed by atoms with Gasteiger partial charge in [-0.25, -0.2) is 8.78 Å². The number of hydrogen-bond acceptors (Lipinski definition) is 3. The van der Waals surface area contributed by atoms with Crippen molar-refractivity contribution in [1.29, 1.82) is 5.26 Å². The summed E-state index contributed by atoms with van der Waals surface area (Å²) in [5, 5.41) is 21.2. The molecule has 6 heteroatoms. The van der Waals surface area contributed by atoms with Crippen LogP contribution in [0.15, 0.2) is 36.4 Å². The average Bonchev–Trinajstić information content (AvgIpc) is 2.82. The molecule has 0 aromatic heterocycles. The Kier molecular flexibility index (Phi) is 3.80. The standard InChI is InChI=1S/C17H12F2N2O2/c18-12-5-9(8-20)6-13(19)15(12)17(23)21-16-11-4-2-1-3-10(11)7-14(16)22/h1-6,14,16,22H,7H2,(H,21,23)/t14-,16+/m0/s1. The molecule has 0 spiro atoms. The SMILES string of the molecule is N#Cc1cc(F)c(C(=O)N[C@@H]2c3ccccc3C[C@@H]2O)c(F)c1. The fraction of sp³-hybridized carbons (Fsp3) is 0.176. The van der Waals surface area contributed by atoms with Gasteiger partial charge in [0.2, 0.25) is 0 Å². The summed E-state index contributed by atoms with van der Waals surface area (Å²) in [5.74, 6) is -3.19. The predicted molar refractivity (Wildman–Crippen MR) is 77.4 cm³/mol. The molecular formula is C17H12F2N2O2. The van der Waals surface area contributed by atoms with Gasteiger partial charge in [-0.2, -0.15) is 5.26 Å². The summed E-state index contributed by atoms with van der Waals surface area (Å²) >= 11 is 0. The van der Waals surface area contributed by atoms with Gasteiger partial charge in [-0.05, 0) is 23.3 Å². The molecule has 1 aliphatic rings. The maximum atomic E-state index is 13.9. The number of aliphatic hydroxyl groups excluding tert-OH is 1. The molecule has 116 valence electrons. The van der Waals surface area contributed by atoms with E-state index in [0.29, 0.717) is 6.42 Å². The molecule has 0 unspecified atom stereocenters. The minimum Gasteiger partial charge on any atom is -0.390 e. The molecular weight excluding hydrogens is 302 g/mol. The highest BCUT2D eigenvalue weighted by Gasteiger charge is 2.33. The molecule has 0 radical (unpaired) electrons. The highest BCUT2D eigenvalue weighted by atomic mass is 19.1. The van der Waals surface area contributed by atoms with Crippen LogP contribution < -0.4 is 5.32 Å². The zero-order valence-corrected chi connectivity index (χ0v) is 11.9. The molecule has 0 fully saturated rings. The van der Waals surface area contributed by atoms with E-state index in [1.807, 2.05) is 12.1 Å². The zero-order valence-electron chi connectivity index (χ0n) is 11.9. The van der Waals surface area contributed by atoms with E-state index in [1.54, 1.807) is 18.2 Å². The Morgan fingerprint density at radius 3 is 2.57 bits per heavy atom. The zero-order chi connectivity index (χ0) is 16.6. The number of nitrogens with one attached hydrogen (secondary N) is 1. The van der Waals surface area contributed by atoms with Crippen LogP contribution in [0.5, 0.6) is 0 Å². The van der Waals surface area contributed by atoms with Crippen LogP contribution >= 0.6 is 0 Å². The Bertz CT molecular complexity index is 807. The Balaban J connectivity index is 1.90. The number of carbonyl (C=O) groups excluding carboxylic acids is 1. The summed E-state index contributed by atoms with van der Waals surface area (Å²) in [6.45, 7) is 0. The molecule has 23 heavy (non-hydrogen) atoms. The number of fused-ring (bicyclic) bond motifs is 1. The number of nitriles is 1. The second kappa shape index (κ2) is 5.78. The summed E-state index contributed by atoms with van der Waals surface area (Å²) < 4.78 is 27.8. The lowest BCUT2D eigenvalue weighted by molar-refractivity contribution is 0.0850. The van der Waals surface area contributed by atoms with Crippen molar-refractivity contribution in [2.45, 2.75) is 18.6 Å². The molecule has 2 N–H and O–H groups in total. The molecule has 2 aromatic carbocycles. The van der Waals surface area contributed by atoms with Crippen molar-refractivity contribution in [3.05, 3.63) is 70.3 Å². The van der Waals surface area contributed by atoms with Gasteiger partial charge in [0.25, 0.3) is 5.91 Å². The van der Waals surface area contributed by atoms with Crippen molar-refractivity contribution in [2.75, 3.05) is 0 Å². The smallest absolute Gasteiger partial charge is 0.257 e. The monoisotopic (exact) mass is 314 g/mol. The largest absolute Gasteiger partial charge is 0.390 e. The Morgan fingerprint density at radius 2 is 1.91 bits per heavy atom. The Labute approximate surface area is 131 Å². The summed E-state index contributed by atoms with van der Waals surface area (Å²) in [5.41, 5.74) is 0.636. The van der Waals surface area contributed by atoms with E-state index in [0.717, 1.165) is 23.3 Å². The van der Waals surface area contributed by atoms with Crippen molar-refractivity contribution in [3.63, 3.8) is 0 Å². The van der Waals surface area contributed by atoms with Crippen molar-refractivity contribution in [1.82, 2.24) is 5.32 Å². The maximum absolute atomic E-state index is 13.9. The van der Waals surface area contributed by atoms with Gasteiger partial charge in [0.1, 0.15) is 17.2 Å². The van der Waals surface area contributed by atoms with E-state index in [1.165, 1.54) is 0 Å². The van der Waals surface area contributed by atoms with Gasteiger partial charge < -0.3 is 10.4 Å². The summed E-state index contributed by atoms with van der Waals surface area (Å²) in [6, 6.07) is 9.65. The highest BCUT2D eigenvalue weighted by molar-refractivity contribution is 5.95. The average molecular weight is 314 g/mol. The van der Waals surface area contributed by atoms with E-state index in [9.17, 15) is 18.7 Å². The molecule has 1 amide bonds. The van der Waals surface area contributed by atoms with E-state index in [4.69, 9.17) is 5.26 Å². The third-order valence-corrected chi connectivity index (χ3v) is 3.89. The fourth-order valence-electron chi connectivity index (χ4n) is 2.82. The highest BCUT2D eigenvalue weighted by Crippen LogP contribution is 2.31. The van der Waals surface area contributed by atoms with Gasteiger partial charge in [0, 0.05) is 6.42 Å². The lowest BCUT2D eigenvalue weighted by Crippen LogP contribution is -2.34. The first-order valence-corrected chi connectivity index (χ1v) is 6.97. The first kappa shape index (κ1) is 15.1. The van der Waals surface area contributed by atoms with Gasteiger partial charge >= 0.3 is 0 Å². The molecule has 4 nitrogen and oxygen atoms in total. The number of halogens is 2. The minimum atomic E-state index is -1.11. The molecule has 0 aliphatic heterocycles. The number of hydrogen-bond donors (Lipinski definition) is 2. The molecule has 2 atom stereocenters. The quantitative estimate of drug-likeness (QED) is 0.893. The molecule has 0 heterocycles. The summed E-state index contributed by atoms with van der Waals surface area (Å²) in [4.78, 5) is 12.2. The molecule has 2 aromatic rings. The van der Waals surface area contributed by atoms with Crippen molar-refractivity contribution >= 4 is 5.91 Å². The van der Waals surface area contributed by atoms with Crippen molar-refractivity contribution in [3.8, 4) is 6.07 Å². The van der Waals surface area contributed by atoms with E-state index < -0.39 is 35.3 Å². The van der Waals surface area contributed by atoms with Gasteiger partial charge in [-0.3, -0.25) is 4.79 Å². The first-order valence-electron chi connectivity index (χ1n) is 6.97. The number of rotatable bonds is 2. The van der Waals surface area contributed by atoms with Gasteiger partial charge in [0.05, 0.1) is 23.8 Å². The van der Waals surface area contributed by atoms with E-state index >= 15 is 0 Å². The molecule has 0 saturated carbocycles. The van der Waals surface area contributed by atoms with Gasteiger partial charge in [-0.15, -0.1) is 0 Å². The van der Waals surface area contributed by atoms with Crippen LogP contribution in [0.4, 0.5) is 8.78 Å². The Hall–Kier alpha value is -2.78. The number of benzene rings is 2. The van der Waals surface area contributed by atoms with Crippen LogP contribution in [0, 0.1) is 23.0 Å².